The van der Waals surface area contributed by atoms with E-state index in [-0.39, 0.29) is 17.8 Å². The summed E-state index contributed by atoms with van der Waals surface area (Å²) in [5.74, 6) is 0.882. The van der Waals surface area contributed by atoms with Crippen LogP contribution in [0.4, 0.5) is 0 Å². The number of methoxy groups -OCH3 is 2. The van der Waals surface area contributed by atoms with Crippen LogP contribution in [0, 0.1) is 0 Å². The Morgan fingerprint density at radius 2 is 1.70 bits per heavy atom. The van der Waals surface area contributed by atoms with Crippen molar-refractivity contribution in [2.24, 2.45) is 0 Å². The summed E-state index contributed by atoms with van der Waals surface area (Å²) in [5, 5.41) is 3.43. The van der Waals surface area contributed by atoms with Crippen LogP contribution in [0.2, 0.25) is 0 Å². The summed E-state index contributed by atoms with van der Waals surface area (Å²) in [5.41, 5.74) is 5.44. The van der Waals surface area contributed by atoms with Gasteiger partial charge < -0.3 is 24.3 Å². The zero-order valence-corrected chi connectivity index (χ0v) is 25.4. The number of ketones is 1. The summed E-state index contributed by atoms with van der Waals surface area (Å²) >= 11 is 0. The smallest absolute Gasteiger partial charge is 0.337 e. The van der Waals surface area contributed by atoms with Crippen LogP contribution < -0.4 is 19.5 Å². The fourth-order valence-electron chi connectivity index (χ4n) is 5.84. The topological polar surface area (TPSA) is 83.1 Å². The summed E-state index contributed by atoms with van der Waals surface area (Å²) < 4.78 is 22.9. The molecule has 0 spiro atoms. The van der Waals surface area contributed by atoms with Crippen LogP contribution >= 0.6 is 0 Å². The number of allylic oxidation sites excluding steroid dienone is 3. The second-order valence-electron chi connectivity index (χ2n) is 11.1. The zero-order valence-electron chi connectivity index (χ0n) is 25.4. The van der Waals surface area contributed by atoms with E-state index in [1.165, 1.54) is 0 Å². The van der Waals surface area contributed by atoms with Gasteiger partial charge in [-0.1, -0.05) is 55.5 Å². The first-order valence-corrected chi connectivity index (χ1v) is 14.8. The number of dihydropyridines is 1. The molecule has 224 valence electrons. The van der Waals surface area contributed by atoms with Crippen molar-refractivity contribution in [2.75, 3.05) is 14.2 Å². The lowest BCUT2D eigenvalue weighted by Gasteiger charge is -2.37. The number of Topliss-reactive ketones (excluding diaryl/α,β-unsaturated/α-hetero) is 1. The molecule has 3 atom stereocenters. The van der Waals surface area contributed by atoms with Gasteiger partial charge in [0.05, 0.1) is 25.9 Å². The maximum Gasteiger partial charge on any atom is 0.337 e. The molecule has 3 aromatic carbocycles. The van der Waals surface area contributed by atoms with E-state index in [0.29, 0.717) is 60.0 Å². The fraction of sp³-hybridized carbons (Fsp3) is 0.333. The van der Waals surface area contributed by atoms with E-state index in [1.54, 1.807) is 14.2 Å². The molecular formula is C36H39NO6. The molecule has 7 nitrogen and oxygen atoms in total. The van der Waals surface area contributed by atoms with E-state index in [2.05, 4.69) is 5.32 Å². The summed E-state index contributed by atoms with van der Waals surface area (Å²) in [7, 11) is 3.21. The maximum atomic E-state index is 14.1. The predicted octanol–water partition coefficient (Wildman–Crippen LogP) is 6.99. The molecule has 1 aliphatic heterocycles. The van der Waals surface area contributed by atoms with Gasteiger partial charge in [-0.25, -0.2) is 4.79 Å². The monoisotopic (exact) mass is 581 g/mol. The molecule has 7 heteroatoms. The SMILES string of the molecule is CC[C@@H](C)OC(=O)C1=C(C)NC2=C(C(=O)C[C@H](c3ccc(OC)c(OC)c3)C2)[C@@H]1c1cccc(OCc2ccccc2)c1. The first-order chi connectivity index (χ1) is 20.8. The second-order valence-corrected chi connectivity index (χ2v) is 11.1. The van der Waals surface area contributed by atoms with E-state index in [1.807, 2.05) is 93.6 Å². The third-order valence-corrected chi connectivity index (χ3v) is 8.25. The van der Waals surface area contributed by atoms with Crippen LogP contribution in [0.3, 0.4) is 0 Å². The number of esters is 1. The minimum Gasteiger partial charge on any atom is -0.493 e. The van der Waals surface area contributed by atoms with Crippen molar-refractivity contribution in [2.45, 2.75) is 64.6 Å². The second kappa shape index (κ2) is 13.2. The fourth-order valence-corrected chi connectivity index (χ4v) is 5.84. The molecule has 5 rings (SSSR count). The highest BCUT2D eigenvalue weighted by atomic mass is 16.5. The molecule has 1 N–H and O–H groups in total. The minimum absolute atomic E-state index is 0.00418. The Labute approximate surface area is 253 Å². The molecule has 0 amide bonds. The van der Waals surface area contributed by atoms with Crippen molar-refractivity contribution >= 4 is 11.8 Å². The molecule has 43 heavy (non-hydrogen) atoms. The lowest BCUT2D eigenvalue weighted by Crippen LogP contribution is -2.36. The minimum atomic E-state index is -0.577. The number of carbonyl (C=O) groups excluding carboxylic acids is 2. The molecule has 0 aromatic heterocycles. The number of rotatable bonds is 10. The van der Waals surface area contributed by atoms with Gasteiger partial charge in [0.1, 0.15) is 12.4 Å². The van der Waals surface area contributed by atoms with Crippen molar-refractivity contribution in [1.29, 1.82) is 0 Å². The van der Waals surface area contributed by atoms with Crippen LogP contribution in [-0.2, 0) is 20.9 Å². The lowest BCUT2D eigenvalue weighted by molar-refractivity contribution is -0.144. The van der Waals surface area contributed by atoms with Crippen LogP contribution in [0.15, 0.2) is 95.3 Å². The Kier molecular flexibility index (Phi) is 9.19. The Morgan fingerprint density at radius 1 is 0.930 bits per heavy atom. The lowest BCUT2D eigenvalue weighted by atomic mass is 9.71. The number of carbonyl (C=O) groups is 2. The standard InChI is InChI=1S/C36H39NO6/c1-6-22(2)43-36(39)33-23(3)37-29-18-27(25-15-16-31(40-4)32(20-25)41-5)19-30(38)35(29)34(33)26-13-10-14-28(17-26)42-21-24-11-8-7-9-12-24/h7-17,20,22,27,34,37H,6,18-19,21H2,1-5H3/t22-,27-,34-/m1/s1. The molecule has 0 unspecified atom stereocenters. The van der Waals surface area contributed by atoms with Gasteiger partial charge in [-0.2, -0.15) is 0 Å². The molecule has 1 heterocycles. The third kappa shape index (κ3) is 6.46. The number of ether oxygens (including phenoxy) is 4. The first kappa shape index (κ1) is 30.0. The molecule has 0 fully saturated rings. The van der Waals surface area contributed by atoms with E-state index >= 15 is 0 Å². The summed E-state index contributed by atoms with van der Waals surface area (Å²) in [6, 6.07) is 23.4. The molecule has 0 saturated carbocycles. The number of hydrogen-bond acceptors (Lipinski definition) is 7. The molecule has 0 bridgehead atoms. The van der Waals surface area contributed by atoms with Crippen molar-refractivity contribution in [3.8, 4) is 17.2 Å². The van der Waals surface area contributed by atoms with Gasteiger partial charge in [0.15, 0.2) is 17.3 Å². The Balaban J connectivity index is 1.52. The normalized spacial score (nSPS) is 18.9. The van der Waals surface area contributed by atoms with Gasteiger partial charge in [-0.05, 0) is 73.6 Å². The number of hydrogen-bond donors (Lipinski definition) is 1. The number of nitrogens with one attached hydrogen (secondary N) is 1. The average Bonchev–Trinajstić information content (AvgIpc) is 3.03. The highest BCUT2D eigenvalue weighted by Gasteiger charge is 2.42. The Bertz CT molecular complexity index is 1560. The molecule has 0 saturated heterocycles. The van der Waals surface area contributed by atoms with Crippen LogP contribution in [-0.4, -0.2) is 32.1 Å². The van der Waals surface area contributed by atoms with Crippen molar-refractivity contribution in [3.63, 3.8) is 0 Å². The van der Waals surface area contributed by atoms with Gasteiger partial charge in [-0.15, -0.1) is 0 Å². The quantitative estimate of drug-likeness (QED) is 0.259. The summed E-state index contributed by atoms with van der Waals surface area (Å²) in [6.07, 6.45) is 1.37. The van der Waals surface area contributed by atoms with Gasteiger partial charge in [-0.3, -0.25) is 4.79 Å². The molecular weight excluding hydrogens is 542 g/mol. The van der Waals surface area contributed by atoms with E-state index < -0.39 is 11.9 Å². The Hall–Kier alpha value is -4.52. The molecule has 0 radical (unpaired) electrons. The van der Waals surface area contributed by atoms with Gasteiger partial charge in [0.25, 0.3) is 0 Å². The van der Waals surface area contributed by atoms with Crippen molar-refractivity contribution in [3.05, 3.63) is 112 Å². The highest BCUT2D eigenvalue weighted by Crippen LogP contribution is 2.47. The van der Waals surface area contributed by atoms with E-state index in [4.69, 9.17) is 18.9 Å². The van der Waals surface area contributed by atoms with Gasteiger partial charge in [0.2, 0.25) is 0 Å². The van der Waals surface area contributed by atoms with Crippen LogP contribution in [0.1, 0.15) is 68.6 Å². The third-order valence-electron chi connectivity index (χ3n) is 8.25. The van der Waals surface area contributed by atoms with E-state index in [0.717, 1.165) is 22.4 Å². The molecule has 1 aliphatic carbocycles. The summed E-state index contributed by atoms with van der Waals surface area (Å²) in [4.78, 5) is 27.7. The average molecular weight is 582 g/mol. The van der Waals surface area contributed by atoms with Crippen LogP contribution in [0.5, 0.6) is 17.2 Å². The largest absolute Gasteiger partial charge is 0.493 e. The van der Waals surface area contributed by atoms with Crippen molar-refractivity contribution in [1.82, 2.24) is 5.32 Å². The van der Waals surface area contributed by atoms with Gasteiger partial charge in [0, 0.05) is 29.3 Å². The highest BCUT2D eigenvalue weighted by molar-refractivity contribution is 6.04. The maximum absolute atomic E-state index is 14.1. The summed E-state index contributed by atoms with van der Waals surface area (Å²) in [6.45, 7) is 6.14. The molecule has 2 aliphatic rings. The van der Waals surface area contributed by atoms with E-state index in [9.17, 15) is 9.59 Å². The van der Waals surface area contributed by atoms with Crippen LogP contribution in [0.25, 0.3) is 0 Å². The molecule has 3 aromatic rings. The Morgan fingerprint density at radius 3 is 2.42 bits per heavy atom. The van der Waals surface area contributed by atoms with Crippen molar-refractivity contribution < 1.29 is 28.5 Å². The number of benzene rings is 3. The zero-order chi connectivity index (χ0) is 30.5. The first-order valence-electron chi connectivity index (χ1n) is 14.8. The predicted molar refractivity (Wildman–Crippen MR) is 165 cm³/mol. The van der Waals surface area contributed by atoms with Gasteiger partial charge >= 0.3 is 5.97 Å².